The van der Waals surface area contributed by atoms with Crippen LogP contribution < -0.4 is 0 Å². The van der Waals surface area contributed by atoms with Gasteiger partial charge in [-0.3, -0.25) is 0 Å². The molecule has 1 aromatic rings. The zero-order chi connectivity index (χ0) is 13.7. The Morgan fingerprint density at radius 1 is 0.706 bits per heavy atom. The van der Waals surface area contributed by atoms with E-state index in [1.807, 2.05) is 0 Å². The van der Waals surface area contributed by atoms with Gasteiger partial charge < -0.3 is 4.74 Å². The molecule has 1 heteroatoms. The molecule has 0 fully saturated rings. The van der Waals surface area contributed by atoms with Crippen LogP contribution in [0.25, 0.3) is 0 Å². The summed E-state index contributed by atoms with van der Waals surface area (Å²) in [4.78, 5) is 0. The van der Waals surface area contributed by atoms with E-state index in [1.165, 1.54) is 11.1 Å². The molecule has 0 aliphatic carbocycles. The fourth-order valence-electron chi connectivity index (χ4n) is 1.79. The lowest BCUT2D eigenvalue weighted by Crippen LogP contribution is -2.21. The van der Waals surface area contributed by atoms with Gasteiger partial charge in [-0.15, -0.1) is 0 Å². The van der Waals surface area contributed by atoms with Crippen molar-refractivity contribution < 1.29 is 4.74 Å². The molecular formula is C16H28O. The summed E-state index contributed by atoms with van der Waals surface area (Å²) in [7, 11) is 3.25. The van der Waals surface area contributed by atoms with Crippen LogP contribution in [-0.2, 0) is 15.6 Å². The summed E-state index contributed by atoms with van der Waals surface area (Å²) in [5.74, 6) is 0. The highest BCUT2D eigenvalue weighted by Crippen LogP contribution is 2.33. The maximum atomic E-state index is 4.25. The minimum Gasteiger partial charge on any atom is -0.388 e. The predicted molar refractivity (Wildman–Crippen MR) is 76.8 cm³/mol. The Kier molecular flexibility index (Phi) is 5.91. The second-order valence-corrected chi connectivity index (χ2v) is 6.45. The lowest BCUT2D eigenvalue weighted by Gasteiger charge is -2.29. The lowest BCUT2D eigenvalue weighted by atomic mass is 9.75. The first-order valence-electron chi connectivity index (χ1n) is 6.14. The third-order valence-electron chi connectivity index (χ3n) is 2.54. The monoisotopic (exact) mass is 236 g/mol. The van der Waals surface area contributed by atoms with Crippen molar-refractivity contribution in [2.75, 3.05) is 14.2 Å². The smallest absolute Gasteiger partial charge is 0.0351 e. The third-order valence-corrected chi connectivity index (χ3v) is 2.54. The van der Waals surface area contributed by atoms with Gasteiger partial charge in [-0.2, -0.15) is 0 Å². The Balaban J connectivity index is 0.000000770. The number of methoxy groups -OCH3 is 1. The summed E-state index contributed by atoms with van der Waals surface area (Å²) in [6.45, 7) is 13.7. The van der Waals surface area contributed by atoms with Crippen LogP contribution in [0.4, 0.5) is 0 Å². The molecule has 0 N–H and O–H groups in total. The predicted octanol–water partition coefficient (Wildman–Crippen LogP) is 4.54. The molecule has 0 radical (unpaired) electrons. The topological polar surface area (TPSA) is 9.23 Å². The lowest BCUT2D eigenvalue weighted by molar-refractivity contribution is 0.277. The van der Waals surface area contributed by atoms with E-state index in [0.29, 0.717) is 0 Å². The van der Waals surface area contributed by atoms with Gasteiger partial charge in [-0.05, 0) is 22.0 Å². The van der Waals surface area contributed by atoms with Gasteiger partial charge in [-0.1, -0.05) is 65.8 Å². The first-order chi connectivity index (χ1) is 7.64. The SMILES string of the molecule is CC(C)(C)c1ccccc1C(C)(C)C.COC. The van der Waals surface area contributed by atoms with Crippen LogP contribution in [0.3, 0.4) is 0 Å². The quantitative estimate of drug-likeness (QED) is 0.642. The van der Waals surface area contributed by atoms with Gasteiger partial charge in [0, 0.05) is 14.2 Å². The van der Waals surface area contributed by atoms with Crippen molar-refractivity contribution in [3.63, 3.8) is 0 Å². The minimum atomic E-state index is 0.240. The van der Waals surface area contributed by atoms with Crippen molar-refractivity contribution >= 4 is 0 Å². The molecule has 0 heterocycles. The molecule has 0 saturated heterocycles. The van der Waals surface area contributed by atoms with Crippen LogP contribution in [-0.4, -0.2) is 14.2 Å². The van der Waals surface area contributed by atoms with E-state index in [4.69, 9.17) is 0 Å². The minimum absolute atomic E-state index is 0.240. The molecule has 0 aliphatic heterocycles. The molecule has 17 heavy (non-hydrogen) atoms. The van der Waals surface area contributed by atoms with E-state index in [-0.39, 0.29) is 10.8 Å². The van der Waals surface area contributed by atoms with Crippen LogP contribution >= 0.6 is 0 Å². The molecule has 0 spiro atoms. The summed E-state index contributed by atoms with van der Waals surface area (Å²) < 4.78 is 4.25. The fourth-order valence-corrected chi connectivity index (χ4v) is 1.79. The maximum absolute atomic E-state index is 4.25. The van der Waals surface area contributed by atoms with Gasteiger partial charge in [0.05, 0.1) is 0 Å². The van der Waals surface area contributed by atoms with Gasteiger partial charge in [0.1, 0.15) is 0 Å². The summed E-state index contributed by atoms with van der Waals surface area (Å²) in [5, 5.41) is 0. The van der Waals surface area contributed by atoms with Crippen LogP contribution in [0.2, 0.25) is 0 Å². The second-order valence-electron chi connectivity index (χ2n) is 6.45. The molecule has 1 aromatic carbocycles. The highest BCUT2D eigenvalue weighted by molar-refractivity contribution is 5.37. The molecule has 0 unspecified atom stereocenters. The number of hydrogen-bond acceptors (Lipinski definition) is 1. The van der Waals surface area contributed by atoms with Crippen LogP contribution in [0, 0.1) is 0 Å². The highest BCUT2D eigenvalue weighted by atomic mass is 16.4. The Hall–Kier alpha value is -0.820. The standard InChI is InChI=1S/C14H22.C2H6O/c1-13(2,3)11-9-7-8-10-12(11)14(4,5)6;1-3-2/h7-10H,1-6H3;1-2H3. The van der Waals surface area contributed by atoms with E-state index >= 15 is 0 Å². The second kappa shape index (κ2) is 6.20. The molecule has 0 amide bonds. The van der Waals surface area contributed by atoms with Gasteiger partial charge in [0.25, 0.3) is 0 Å². The number of benzene rings is 1. The molecule has 0 saturated carbocycles. The molecule has 1 nitrogen and oxygen atoms in total. The first kappa shape index (κ1) is 16.2. The highest BCUT2D eigenvalue weighted by Gasteiger charge is 2.23. The maximum Gasteiger partial charge on any atom is 0.0351 e. The Bertz CT molecular complexity index is 293. The van der Waals surface area contributed by atoms with Crippen LogP contribution in [0.5, 0.6) is 0 Å². The average Bonchev–Trinajstić information content (AvgIpc) is 2.16. The summed E-state index contributed by atoms with van der Waals surface area (Å²) in [5.41, 5.74) is 3.41. The van der Waals surface area contributed by atoms with E-state index in [2.05, 4.69) is 70.5 Å². The van der Waals surface area contributed by atoms with Crippen LogP contribution in [0.1, 0.15) is 52.7 Å². The Morgan fingerprint density at radius 2 is 0.941 bits per heavy atom. The van der Waals surface area contributed by atoms with Gasteiger partial charge in [0.2, 0.25) is 0 Å². The molecule has 0 aliphatic rings. The molecule has 98 valence electrons. The summed E-state index contributed by atoms with van der Waals surface area (Å²) in [6.07, 6.45) is 0. The number of hydrogen-bond donors (Lipinski definition) is 0. The zero-order valence-electron chi connectivity index (χ0n) is 12.7. The summed E-state index contributed by atoms with van der Waals surface area (Å²) in [6, 6.07) is 8.77. The van der Waals surface area contributed by atoms with Crippen molar-refractivity contribution in [1.29, 1.82) is 0 Å². The molecule has 0 aromatic heterocycles. The average molecular weight is 236 g/mol. The van der Waals surface area contributed by atoms with E-state index in [0.717, 1.165) is 0 Å². The van der Waals surface area contributed by atoms with E-state index in [1.54, 1.807) is 14.2 Å². The van der Waals surface area contributed by atoms with Crippen molar-refractivity contribution in [1.82, 2.24) is 0 Å². The molecular weight excluding hydrogens is 208 g/mol. The van der Waals surface area contributed by atoms with Crippen molar-refractivity contribution in [2.45, 2.75) is 52.4 Å². The van der Waals surface area contributed by atoms with Gasteiger partial charge in [-0.25, -0.2) is 0 Å². The number of rotatable bonds is 0. The van der Waals surface area contributed by atoms with Gasteiger partial charge in [0.15, 0.2) is 0 Å². The molecule has 0 atom stereocenters. The zero-order valence-corrected chi connectivity index (χ0v) is 12.7. The molecule has 1 rings (SSSR count). The third kappa shape index (κ3) is 5.36. The van der Waals surface area contributed by atoms with Crippen LogP contribution in [0.15, 0.2) is 24.3 Å². The normalized spacial score (nSPS) is 11.8. The fraction of sp³-hybridized carbons (Fsp3) is 0.625. The first-order valence-corrected chi connectivity index (χ1v) is 6.14. The van der Waals surface area contributed by atoms with Crippen molar-refractivity contribution in [3.05, 3.63) is 35.4 Å². The Labute approximate surface area is 107 Å². The van der Waals surface area contributed by atoms with E-state index < -0.39 is 0 Å². The van der Waals surface area contributed by atoms with Crippen molar-refractivity contribution in [2.24, 2.45) is 0 Å². The Morgan fingerprint density at radius 3 is 1.12 bits per heavy atom. The largest absolute Gasteiger partial charge is 0.388 e. The van der Waals surface area contributed by atoms with Gasteiger partial charge >= 0.3 is 0 Å². The number of ether oxygens (including phenoxy) is 1. The molecule has 0 bridgehead atoms. The van der Waals surface area contributed by atoms with Crippen molar-refractivity contribution in [3.8, 4) is 0 Å². The van der Waals surface area contributed by atoms with E-state index in [9.17, 15) is 0 Å². The summed E-state index contributed by atoms with van der Waals surface area (Å²) >= 11 is 0.